The van der Waals surface area contributed by atoms with Crippen LogP contribution in [0.5, 0.6) is 0 Å². The number of rotatable bonds is 7. The van der Waals surface area contributed by atoms with Crippen molar-refractivity contribution in [2.75, 3.05) is 25.5 Å². The molecule has 1 aliphatic heterocycles. The Bertz CT molecular complexity index is 1290. The molecule has 8 nitrogen and oxygen atoms in total. The van der Waals surface area contributed by atoms with Gasteiger partial charge < -0.3 is 15.6 Å². The Hall–Kier alpha value is -3.11. The summed E-state index contributed by atoms with van der Waals surface area (Å²) in [6.07, 6.45) is 3.30. The maximum atomic E-state index is 11.5. The Kier molecular flexibility index (Phi) is 6.42. The zero-order valence-corrected chi connectivity index (χ0v) is 20.3. The lowest BCUT2D eigenvalue weighted by atomic mass is 9.94. The maximum Gasteiger partial charge on any atom is 0.222 e. The standard InChI is InChI=1S/C24H24ClN7OS/c1-14(33)30-21-9-16(7-8-27-21)20-10-19(23(34-20)24-28-13-29-31-24)22(32(2)18-11-26-12-18)15-3-5-17(25)6-4-15/h3-10,13,18,22,26H,11-12H2,1-2H3,(H,27,30,33)(H,28,29,31). The molecule has 34 heavy (non-hydrogen) atoms. The lowest BCUT2D eigenvalue weighted by molar-refractivity contribution is -0.114. The number of aromatic amines is 1. The van der Waals surface area contributed by atoms with Crippen LogP contribution in [0.4, 0.5) is 5.82 Å². The quantitative estimate of drug-likeness (QED) is 0.357. The van der Waals surface area contributed by atoms with Crippen LogP contribution in [0.15, 0.2) is 55.0 Å². The molecule has 1 aromatic carbocycles. The van der Waals surface area contributed by atoms with Crippen molar-refractivity contribution in [2.24, 2.45) is 0 Å². The average molecular weight is 494 g/mol. The third-order valence-electron chi connectivity index (χ3n) is 5.96. The van der Waals surface area contributed by atoms with Gasteiger partial charge in [-0.2, -0.15) is 0 Å². The Balaban J connectivity index is 1.64. The number of hydrogen-bond donors (Lipinski definition) is 3. The van der Waals surface area contributed by atoms with Crippen LogP contribution >= 0.6 is 22.9 Å². The molecule has 4 aromatic rings. The molecule has 5 rings (SSSR count). The Morgan fingerprint density at radius 2 is 2.03 bits per heavy atom. The van der Waals surface area contributed by atoms with Gasteiger partial charge in [0.1, 0.15) is 12.1 Å². The molecule has 3 N–H and O–H groups in total. The molecule has 1 amide bonds. The zero-order valence-electron chi connectivity index (χ0n) is 18.7. The first-order chi connectivity index (χ1) is 16.5. The van der Waals surface area contributed by atoms with E-state index in [1.165, 1.54) is 6.92 Å². The first-order valence-corrected chi connectivity index (χ1v) is 12.1. The minimum absolute atomic E-state index is 0.00822. The second-order valence-corrected chi connectivity index (χ2v) is 9.76. The SMILES string of the molecule is CC(=O)Nc1cc(-c2cc(C(c3ccc(Cl)cc3)N(C)C3CNC3)c(-c3nnc[nH]3)s2)ccn1. The van der Waals surface area contributed by atoms with Gasteiger partial charge >= 0.3 is 0 Å². The molecular formula is C24H24ClN7OS. The molecule has 1 unspecified atom stereocenters. The van der Waals surface area contributed by atoms with Crippen LogP contribution in [0.25, 0.3) is 21.1 Å². The molecule has 0 saturated carbocycles. The van der Waals surface area contributed by atoms with E-state index in [0.717, 1.165) is 45.4 Å². The van der Waals surface area contributed by atoms with E-state index in [4.69, 9.17) is 11.6 Å². The third kappa shape index (κ3) is 4.60. The number of anilines is 1. The van der Waals surface area contributed by atoms with Crippen LogP contribution in [-0.4, -0.2) is 57.2 Å². The highest BCUT2D eigenvalue weighted by atomic mass is 35.5. The molecule has 174 valence electrons. The van der Waals surface area contributed by atoms with Crippen molar-refractivity contribution in [3.05, 3.63) is 71.1 Å². The Morgan fingerprint density at radius 3 is 2.68 bits per heavy atom. The first kappa shape index (κ1) is 22.7. The zero-order chi connectivity index (χ0) is 23.7. The number of thiophene rings is 1. The van der Waals surface area contributed by atoms with Crippen molar-refractivity contribution in [1.29, 1.82) is 0 Å². The molecule has 1 aliphatic rings. The highest BCUT2D eigenvalue weighted by molar-refractivity contribution is 7.19. The number of pyridine rings is 1. The highest BCUT2D eigenvalue weighted by Crippen LogP contribution is 2.44. The van der Waals surface area contributed by atoms with E-state index < -0.39 is 0 Å². The van der Waals surface area contributed by atoms with E-state index in [1.807, 2.05) is 24.3 Å². The summed E-state index contributed by atoms with van der Waals surface area (Å²) in [5, 5.41) is 15.2. The van der Waals surface area contributed by atoms with Crippen LogP contribution in [-0.2, 0) is 4.79 Å². The van der Waals surface area contributed by atoms with E-state index >= 15 is 0 Å². The summed E-state index contributed by atoms with van der Waals surface area (Å²) < 4.78 is 0. The highest BCUT2D eigenvalue weighted by Gasteiger charge is 2.32. The minimum Gasteiger partial charge on any atom is -0.327 e. The predicted molar refractivity (Wildman–Crippen MR) is 135 cm³/mol. The molecule has 10 heteroatoms. The Morgan fingerprint density at radius 1 is 1.24 bits per heavy atom. The number of amides is 1. The molecule has 0 radical (unpaired) electrons. The van der Waals surface area contributed by atoms with Gasteiger partial charge in [-0.3, -0.25) is 9.69 Å². The van der Waals surface area contributed by atoms with E-state index in [9.17, 15) is 4.79 Å². The Labute approximate surface area is 206 Å². The number of halogens is 1. The number of H-pyrrole nitrogens is 1. The number of aromatic nitrogens is 4. The summed E-state index contributed by atoms with van der Waals surface area (Å²) in [6.45, 7) is 3.36. The fourth-order valence-corrected chi connectivity index (χ4v) is 5.40. The molecule has 0 aliphatic carbocycles. The molecule has 1 saturated heterocycles. The monoisotopic (exact) mass is 493 g/mol. The second-order valence-electron chi connectivity index (χ2n) is 8.28. The van der Waals surface area contributed by atoms with Crippen LogP contribution in [0.2, 0.25) is 5.02 Å². The van der Waals surface area contributed by atoms with Crippen molar-refractivity contribution in [1.82, 2.24) is 30.4 Å². The number of carbonyl (C=O) groups excluding carboxylic acids is 1. The fourth-order valence-electron chi connectivity index (χ4n) is 4.14. The van der Waals surface area contributed by atoms with E-state index in [1.54, 1.807) is 23.9 Å². The third-order valence-corrected chi connectivity index (χ3v) is 7.42. The van der Waals surface area contributed by atoms with Gasteiger partial charge in [0.25, 0.3) is 0 Å². The van der Waals surface area contributed by atoms with Gasteiger partial charge in [0.15, 0.2) is 5.82 Å². The van der Waals surface area contributed by atoms with Gasteiger partial charge in [-0.25, -0.2) is 4.98 Å². The molecule has 0 bridgehead atoms. The van der Waals surface area contributed by atoms with Crippen LogP contribution < -0.4 is 10.6 Å². The number of benzene rings is 1. The predicted octanol–water partition coefficient (Wildman–Crippen LogP) is 4.20. The first-order valence-electron chi connectivity index (χ1n) is 10.9. The van der Waals surface area contributed by atoms with Gasteiger partial charge in [0, 0.05) is 42.2 Å². The molecule has 0 spiro atoms. The molecule has 3 aromatic heterocycles. The summed E-state index contributed by atoms with van der Waals surface area (Å²) >= 11 is 7.85. The van der Waals surface area contributed by atoms with Gasteiger partial charge in [0.05, 0.1) is 10.9 Å². The average Bonchev–Trinajstić information content (AvgIpc) is 3.44. The van der Waals surface area contributed by atoms with Gasteiger partial charge in [-0.05, 0) is 54.1 Å². The second kappa shape index (κ2) is 9.63. The van der Waals surface area contributed by atoms with Crippen molar-refractivity contribution >= 4 is 34.7 Å². The lowest BCUT2D eigenvalue weighted by Gasteiger charge is -2.41. The number of hydrogen-bond acceptors (Lipinski definition) is 7. The van der Waals surface area contributed by atoms with Crippen molar-refractivity contribution in [3.63, 3.8) is 0 Å². The van der Waals surface area contributed by atoms with Gasteiger partial charge in [-0.1, -0.05) is 23.7 Å². The normalized spacial score (nSPS) is 14.7. The number of nitrogens with zero attached hydrogens (tertiary/aromatic N) is 4. The number of carbonyl (C=O) groups is 1. The van der Waals surface area contributed by atoms with Crippen molar-refractivity contribution in [2.45, 2.75) is 19.0 Å². The molecule has 1 atom stereocenters. The van der Waals surface area contributed by atoms with Gasteiger partial charge in [0.2, 0.25) is 5.91 Å². The summed E-state index contributed by atoms with van der Waals surface area (Å²) in [4.78, 5) is 23.4. The van der Waals surface area contributed by atoms with Crippen LogP contribution in [0.1, 0.15) is 24.1 Å². The lowest BCUT2D eigenvalue weighted by Crippen LogP contribution is -2.56. The maximum absolute atomic E-state index is 11.5. The summed E-state index contributed by atoms with van der Waals surface area (Å²) in [7, 11) is 2.16. The summed E-state index contributed by atoms with van der Waals surface area (Å²) in [5.74, 6) is 1.09. The van der Waals surface area contributed by atoms with Gasteiger partial charge in [-0.15, -0.1) is 21.5 Å². The fraction of sp³-hybridized carbons (Fsp3) is 0.250. The largest absolute Gasteiger partial charge is 0.327 e. The minimum atomic E-state index is -0.155. The summed E-state index contributed by atoms with van der Waals surface area (Å²) in [6, 6.07) is 14.5. The van der Waals surface area contributed by atoms with E-state index in [2.05, 4.69) is 60.9 Å². The smallest absolute Gasteiger partial charge is 0.222 e. The van der Waals surface area contributed by atoms with Crippen LogP contribution in [0, 0.1) is 0 Å². The molecular weight excluding hydrogens is 470 g/mol. The van der Waals surface area contributed by atoms with Crippen molar-refractivity contribution in [3.8, 4) is 21.1 Å². The number of likely N-dealkylation sites (N-methyl/N-ethyl adjacent to an activating group) is 1. The summed E-state index contributed by atoms with van der Waals surface area (Å²) in [5.41, 5.74) is 3.25. The topological polar surface area (TPSA) is 98.8 Å². The van der Waals surface area contributed by atoms with Crippen LogP contribution in [0.3, 0.4) is 0 Å². The van der Waals surface area contributed by atoms with E-state index in [0.29, 0.717) is 16.9 Å². The number of nitrogens with one attached hydrogen (secondary N) is 3. The van der Waals surface area contributed by atoms with E-state index in [-0.39, 0.29) is 11.9 Å². The van der Waals surface area contributed by atoms with Crippen molar-refractivity contribution < 1.29 is 4.79 Å². The molecule has 1 fully saturated rings. The molecule has 4 heterocycles.